The standard InChI is InChI=1S/C8H9N5O/c1-2-7(14)10-8-12-11-6-4-3-5-9-13(6)8/h3-5H,2H2,1H3,(H,10,12,14). The molecule has 0 atom stereocenters. The van der Waals surface area contributed by atoms with Crippen LogP contribution in [-0.4, -0.2) is 25.7 Å². The normalized spacial score (nSPS) is 10.4. The highest BCUT2D eigenvalue weighted by molar-refractivity contribution is 5.88. The highest BCUT2D eigenvalue weighted by Crippen LogP contribution is 2.04. The van der Waals surface area contributed by atoms with Crippen molar-refractivity contribution in [3.63, 3.8) is 0 Å². The molecule has 0 aliphatic rings. The lowest BCUT2D eigenvalue weighted by Gasteiger charge is -1.98. The van der Waals surface area contributed by atoms with E-state index in [2.05, 4.69) is 20.6 Å². The lowest BCUT2D eigenvalue weighted by Crippen LogP contribution is -2.12. The Morgan fingerprint density at radius 2 is 2.43 bits per heavy atom. The van der Waals surface area contributed by atoms with Crippen LogP contribution in [0.5, 0.6) is 0 Å². The van der Waals surface area contributed by atoms with E-state index in [1.54, 1.807) is 25.3 Å². The fourth-order valence-corrected chi connectivity index (χ4v) is 1.03. The summed E-state index contributed by atoms with van der Waals surface area (Å²) in [7, 11) is 0. The van der Waals surface area contributed by atoms with E-state index in [0.717, 1.165) is 0 Å². The molecular weight excluding hydrogens is 182 g/mol. The van der Waals surface area contributed by atoms with Crippen LogP contribution >= 0.6 is 0 Å². The Labute approximate surface area is 80.0 Å². The quantitative estimate of drug-likeness (QED) is 0.749. The van der Waals surface area contributed by atoms with Crippen molar-refractivity contribution in [2.45, 2.75) is 13.3 Å². The third-order valence-corrected chi connectivity index (χ3v) is 1.75. The summed E-state index contributed by atoms with van der Waals surface area (Å²) in [6, 6.07) is 3.52. The molecule has 0 bridgehead atoms. The molecule has 14 heavy (non-hydrogen) atoms. The van der Waals surface area contributed by atoms with Crippen molar-refractivity contribution in [3.05, 3.63) is 18.3 Å². The monoisotopic (exact) mass is 191 g/mol. The molecule has 0 aromatic carbocycles. The lowest BCUT2D eigenvalue weighted by molar-refractivity contribution is -0.115. The molecule has 6 heteroatoms. The molecule has 2 aromatic heterocycles. The Hall–Kier alpha value is -1.98. The molecule has 0 unspecified atom stereocenters. The number of hydrogen-bond donors (Lipinski definition) is 1. The van der Waals surface area contributed by atoms with Crippen LogP contribution in [0.2, 0.25) is 0 Å². The van der Waals surface area contributed by atoms with Gasteiger partial charge in [0.2, 0.25) is 5.91 Å². The topological polar surface area (TPSA) is 72.2 Å². The van der Waals surface area contributed by atoms with E-state index in [0.29, 0.717) is 18.0 Å². The van der Waals surface area contributed by atoms with Crippen molar-refractivity contribution in [2.24, 2.45) is 0 Å². The predicted octanol–water partition coefficient (Wildman–Crippen LogP) is 0.473. The smallest absolute Gasteiger partial charge is 0.252 e. The van der Waals surface area contributed by atoms with Crippen molar-refractivity contribution in [1.82, 2.24) is 19.8 Å². The second kappa shape index (κ2) is 3.41. The van der Waals surface area contributed by atoms with Gasteiger partial charge in [-0.1, -0.05) is 6.92 Å². The molecule has 2 heterocycles. The number of fused-ring (bicyclic) bond motifs is 1. The summed E-state index contributed by atoms with van der Waals surface area (Å²) in [6.45, 7) is 1.77. The molecular formula is C8H9N5O. The second-order valence-corrected chi connectivity index (χ2v) is 2.72. The Balaban J connectivity index is 2.38. The van der Waals surface area contributed by atoms with Crippen LogP contribution in [0.15, 0.2) is 18.3 Å². The summed E-state index contributed by atoms with van der Waals surface area (Å²) in [5.74, 6) is 0.248. The number of aromatic nitrogens is 4. The highest BCUT2D eigenvalue weighted by atomic mass is 16.1. The first kappa shape index (κ1) is 8.61. The molecule has 0 aliphatic heterocycles. The van der Waals surface area contributed by atoms with Gasteiger partial charge in [-0.25, -0.2) is 0 Å². The van der Waals surface area contributed by atoms with Gasteiger partial charge in [0, 0.05) is 12.6 Å². The van der Waals surface area contributed by atoms with Gasteiger partial charge in [-0.2, -0.15) is 9.61 Å². The SMILES string of the molecule is CCC(=O)Nc1nnc2cccnn12. The van der Waals surface area contributed by atoms with E-state index in [1.807, 2.05) is 0 Å². The third kappa shape index (κ3) is 1.41. The summed E-state index contributed by atoms with van der Waals surface area (Å²) >= 11 is 0. The zero-order valence-electron chi connectivity index (χ0n) is 7.64. The minimum absolute atomic E-state index is 0.107. The van der Waals surface area contributed by atoms with E-state index < -0.39 is 0 Å². The van der Waals surface area contributed by atoms with Crippen molar-refractivity contribution in [2.75, 3.05) is 5.32 Å². The van der Waals surface area contributed by atoms with Gasteiger partial charge in [0.25, 0.3) is 5.95 Å². The van der Waals surface area contributed by atoms with Crippen LogP contribution in [0, 0.1) is 0 Å². The highest BCUT2D eigenvalue weighted by Gasteiger charge is 2.07. The summed E-state index contributed by atoms with van der Waals surface area (Å²) in [4.78, 5) is 11.1. The molecule has 0 spiro atoms. The first-order valence-electron chi connectivity index (χ1n) is 4.27. The van der Waals surface area contributed by atoms with Gasteiger partial charge in [-0.15, -0.1) is 10.2 Å². The fraction of sp³-hybridized carbons (Fsp3) is 0.250. The summed E-state index contributed by atoms with van der Waals surface area (Å²) in [5, 5.41) is 14.3. The van der Waals surface area contributed by atoms with Crippen molar-refractivity contribution in [1.29, 1.82) is 0 Å². The van der Waals surface area contributed by atoms with E-state index in [9.17, 15) is 4.79 Å². The Morgan fingerprint density at radius 1 is 1.57 bits per heavy atom. The largest absolute Gasteiger partial charge is 0.293 e. The first-order valence-corrected chi connectivity index (χ1v) is 4.27. The first-order chi connectivity index (χ1) is 6.81. The van der Waals surface area contributed by atoms with Gasteiger partial charge >= 0.3 is 0 Å². The van der Waals surface area contributed by atoms with E-state index >= 15 is 0 Å². The maximum Gasteiger partial charge on any atom is 0.252 e. The predicted molar refractivity (Wildman–Crippen MR) is 49.7 cm³/mol. The summed E-state index contributed by atoms with van der Waals surface area (Å²) in [5.41, 5.74) is 0.610. The number of carbonyl (C=O) groups is 1. The minimum atomic E-state index is -0.107. The van der Waals surface area contributed by atoms with Gasteiger partial charge < -0.3 is 0 Å². The molecule has 6 nitrogen and oxygen atoms in total. The molecule has 0 fully saturated rings. The van der Waals surface area contributed by atoms with E-state index in [1.165, 1.54) is 4.52 Å². The maximum atomic E-state index is 11.1. The molecule has 0 saturated heterocycles. The van der Waals surface area contributed by atoms with Crippen molar-refractivity contribution in [3.8, 4) is 0 Å². The Bertz CT molecular complexity index is 463. The average Bonchev–Trinajstić information content (AvgIpc) is 2.62. The number of rotatable bonds is 2. The van der Waals surface area contributed by atoms with Crippen LogP contribution in [0.4, 0.5) is 5.95 Å². The average molecular weight is 191 g/mol. The minimum Gasteiger partial charge on any atom is -0.293 e. The molecule has 0 aliphatic carbocycles. The third-order valence-electron chi connectivity index (χ3n) is 1.75. The van der Waals surface area contributed by atoms with Gasteiger partial charge in [0.15, 0.2) is 5.65 Å². The van der Waals surface area contributed by atoms with Crippen LogP contribution in [0.3, 0.4) is 0 Å². The van der Waals surface area contributed by atoms with Crippen LogP contribution in [0.1, 0.15) is 13.3 Å². The number of nitrogens with zero attached hydrogens (tertiary/aromatic N) is 4. The molecule has 2 aromatic rings. The van der Waals surface area contributed by atoms with E-state index in [-0.39, 0.29) is 5.91 Å². The fourth-order valence-electron chi connectivity index (χ4n) is 1.03. The second-order valence-electron chi connectivity index (χ2n) is 2.72. The van der Waals surface area contributed by atoms with E-state index in [4.69, 9.17) is 0 Å². The number of nitrogens with one attached hydrogen (secondary N) is 1. The number of anilines is 1. The Kier molecular flexibility index (Phi) is 2.10. The van der Waals surface area contributed by atoms with Crippen LogP contribution < -0.4 is 5.32 Å². The number of amides is 1. The number of carbonyl (C=O) groups excluding carboxylic acids is 1. The van der Waals surface area contributed by atoms with Crippen LogP contribution in [0.25, 0.3) is 5.65 Å². The molecule has 1 N–H and O–H groups in total. The summed E-state index contributed by atoms with van der Waals surface area (Å²) in [6.07, 6.45) is 2.01. The lowest BCUT2D eigenvalue weighted by atomic mass is 10.5. The molecule has 2 rings (SSSR count). The zero-order chi connectivity index (χ0) is 9.97. The Morgan fingerprint density at radius 3 is 3.21 bits per heavy atom. The van der Waals surface area contributed by atoms with Gasteiger partial charge in [0.05, 0.1) is 0 Å². The maximum absolute atomic E-state index is 11.1. The zero-order valence-corrected chi connectivity index (χ0v) is 7.64. The van der Waals surface area contributed by atoms with Gasteiger partial charge in [0.1, 0.15) is 0 Å². The van der Waals surface area contributed by atoms with Gasteiger partial charge in [-0.3, -0.25) is 10.1 Å². The van der Waals surface area contributed by atoms with Gasteiger partial charge in [-0.05, 0) is 12.1 Å². The van der Waals surface area contributed by atoms with Crippen molar-refractivity contribution >= 4 is 17.5 Å². The van der Waals surface area contributed by atoms with Crippen LogP contribution in [-0.2, 0) is 4.79 Å². The molecule has 1 amide bonds. The summed E-state index contributed by atoms with van der Waals surface area (Å²) < 4.78 is 1.48. The number of hydrogen-bond acceptors (Lipinski definition) is 4. The molecule has 72 valence electrons. The molecule has 0 saturated carbocycles. The van der Waals surface area contributed by atoms with Crippen molar-refractivity contribution < 1.29 is 4.79 Å². The molecule has 0 radical (unpaired) electrons.